The molecule has 2 fully saturated rings. The Bertz CT molecular complexity index is 575. The molecule has 0 N–H and O–H groups in total. The van der Waals surface area contributed by atoms with Crippen molar-refractivity contribution in [2.45, 2.75) is 19.0 Å². The highest BCUT2D eigenvalue weighted by atomic mass is 19.4. The summed E-state index contributed by atoms with van der Waals surface area (Å²) in [6.07, 6.45) is -2.51. The fraction of sp³-hybridized carbons (Fsp3) is 0.611. The average molecular weight is 356 g/mol. The van der Waals surface area contributed by atoms with Gasteiger partial charge < -0.3 is 9.64 Å². The van der Waals surface area contributed by atoms with Crippen LogP contribution in [0.2, 0.25) is 0 Å². The predicted octanol–water partition coefficient (Wildman–Crippen LogP) is 2.89. The number of halogens is 3. The molecule has 4 nitrogen and oxygen atoms in total. The number of carbonyl (C=O) groups is 1. The molecular weight excluding hydrogens is 333 g/mol. The number of hydrogen-bond donors (Lipinski definition) is 0. The molecule has 0 aliphatic carbocycles. The first kappa shape index (κ1) is 18.2. The minimum Gasteiger partial charge on any atom is -0.379 e. The summed E-state index contributed by atoms with van der Waals surface area (Å²) in [5, 5.41) is 0. The topological polar surface area (TPSA) is 32.8 Å². The number of amides is 1. The molecule has 2 aliphatic heterocycles. The molecule has 138 valence electrons. The van der Waals surface area contributed by atoms with Crippen molar-refractivity contribution in [3.8, 4) is 0 Å². The monoisotopic (exact) mass is 356 g/mol. The van der Waals surface area contributed by atoms with E-state index in [1.54, 1.807) is 4.90 Å². The van der Waals surface area contributed by atoms with Crippen LogP contribution in [-0.2, 0) is 10.9 Å². The van der Waals surface area contributed by atoms with E-state index >= 15 is 0 Å². The van der Waals surface area contributed by atoms with Crippen molar-refractivity contribution in [3.05, 3.63) is 35.4 Å². The molecule has 0 aromatic heterocycles. The highest BCUT2D eigenvalue weighted by Gasteiger charge is 2.31. The van der Waals surface area contributed by atoms with Crippen LogP contribution in [0.3, 0.4) is 0 Å². The number of rotatable bonds is 3. The molecule has 2 heterocycles. The lowest BCUT2D eigenvalue weighted by atomic mass is 9.95. The second-order valence-corrected chi connectivity index (χ2v) is 6.72. The van der Waals surface area contributed by atoms with E-state index in [0.717, 1.165) is 57.8 Å². The number of carbonyl (C=O) groups excluding carboxylic acids is 1. The molecule has 2 saturated heterocycles. The number of alkyl halides is 3. The number of hydrogen-bond acceptors (Lipinski definition) is 3. The molecule has 7 heteroatoms. The first-order valence-corrected chi connectivity index (χ1v) is 8.70. The van der Waals surface area contributed by atoms with Crippen LogP contribution in [0.15, 0.2) is 24.3 Å². The van der Waals surface area contributed by atoms with E-state index in [-0.39, 0.29) is 5.91 Å². The van der Waals surface area contributed by atoms with Gasteiger partial charge in [0.15, 0.2) is 0 Å². The Balaban J connectivity index is 1.51. The number of likely N-dealkylation sites (tertiary alicyclic amines) is 1. The van der Waals surface area contributed by atoms with Gasteiger partial charge in [0, 0.05) is 38.3 Å². The van der Waals surface area contributed by atoms with Crippen molar-refractivity contribution in [2.75, 3.05) is 45.9 Å². The maximum absolute atomic E-state index is 12.6. The zero-order valence-electron chi connectivity index (χ0n) is 14.1. The molecule has 0 spiro atoms. The number of ether oxygens (including phenoxy) is 1. The van der Waals surface area contributed by atoms with Gasteiger partial charge in [0.1, 0.15) is 0 Å². The normalized spacial score (nSPS) is 20.7. The third-order valence-corrected chi connectivity index (χ3v) is 4.98. The van der Waals surface area contributed by atoms with Crippen molar-refractivity contribution >= 4 is 5.91 Å². The summed E-state index contributed by atoms with van der Waals surface area (Å²) in [5.74, 6) is 0.383. The van der Waals surface area contributed by atoms with E-state index in [4.69, 9.17) is 4.74 Å². The molecule has 0 saturated carbocycles. The number of piperidine rings is 1. The molecule has 25 heavy (non-hydrogen) atoms. The molecule has 3 rings (SSSR count). The molecule has 0 radical (unpaired) electrons. The molecule has 1 aromatic rings. The third-order valence-electron chi connectivity index (χ3n) is 4.98. The van der Waals surface area contributed by atoms with Crippen LogP contribution in [0, 0.1) is 5.92 Å². The van der Waals surface area contributed by atoms with Gasteiger partial charge in [-0.05, 0) is 43.0 Å². The maximum Gasteiger partial charge on any atom is 0.416 e. The van der Waals surface area contributed by atoms with Crippen LogP contribution in [0.1, 0.15) is 28.8 Å². The van der Waals surface area contributed by atoms with Gasteiger partial charge in [-0.3, -0.25) is 9.69 Å². The minimum absolute atomic E-state index is 0.182. The Morgan fingerprint density at radius 2 is 1.64 bits per heavy atom. The third kappa shape index (κ3) is 4.73. The minimum atomic E-state index is -4.38. The molecule has 0 bridgehead atoms. The fourth-order valence-electron chi connectivity index (χ4n) is 3.45. The van der Waals surface area contributed by atoms with Crippen LogP contribution in [0.5, 0.6) is 0 Å². The van der Waals surface area contributed by atoms with Gasteiger partial charge in [0.2, 0.25) is 0 Å². The van der Waals surface area contributed by atoms with Crippen molar-refractivity contribution < 1.29 is 22.7 Å². The molecule has 0 unspecified atom stereocenters. The molecule has 1 aromatic carbocycles. The summed E-state index contributed by atoms with van der Waals surface area (Å²) < 4.78 is 43.2. The molecular formula is C18H23F3N2O2. The predicted molar refractivity (Wildman–Crippen MR) is 87.3 cm³/mol. The number of morpholine rings is 1. The van der Waals surface area contributed by atoms with E-state index in [9.17, 15) is 18.0 Å². The Kier molecular flexibility index (Phi) is 5.64. The van der Waals surface area contributed by atoms with E-state index in [0.29, 0.717) is 24.6 Å². The summed E-state index contributed by atoms with van der Waals surface area (Å²) in [6.45, 7) is 5.85. The van der Waals surface area contributed by atoms with Gasteiger partial charge >= 0.3 is 6.18 Å². The quantitative estimate of drug-likeness (QED) is 0.835. The fourth-order valence-corrected chi connectivity index (χ4v) is 3.45. The second-order valence-electron chi connectivity index (χ2n) is 6.72. The highest BCUT2D eigenvalue weighted by Crippen LogP contribution is 2.29. The van der Waals surface area contributed by atoms with E-state index < -0.39 is 11.7 Å². The summed E-state index contributed by atoms with van der Waals surface area (Å²) >= 11 is 0. The lowest BCUT2D eigenvalue weighted by Crippen LogP contribution is -2.44. The molecule has 0 atom stereocenters. The van der Waals surface area contributed by atoms with Gasteiger partial charge in [-0.15, -0.1) is 0 Å². The van der Waals surface area contributed by atoms with Crippen molar-refractivity contribution in [1.29, 1.82) is 0 Å². The molecule has 1 amide bonds. The van der Waals surface area contributed by atoms with Gasteiger partial charge in [-0.25, -0.2) is 0 Å². The lowest BCUT2D eigenvalue weighted by molar-refractivity contribution is -0.137. The summed E-state index contributed by atoms with van der Waals surface area (Å²) in [6, 6.07) is 4.48. The van der Waals surface area contributed by atoms with E-state index in [1.165, 1.54) is 12.1 Å². The van der Waals surface area contributed by atoms with E-state index in [1.807, 2.05) is 0 Å². The average Bonchev–Trinajstić information content (AvgIpc) is 2.62. The van der Waals surface area contributed by atoms with Crippen molar-refractivity contribution in [2.24, 2.45) is 5.92 Å². The Hall–Kier alpha value is -1.60. The largest absolute Gasteiger partial charge is 0.416 e. The van der Waals surface area contributed by atoms with Gasteiger partial charge in [-0.1, -0.05) is 0 Å². The lowest BCUT2D eigenvalue weighted by Gasteiger charge is -2.36. The second kappa shape index (κ2) is 7.74. The first-order chi connectivity index (χ1) is 11.9. The van der Waals surface area contributed by atoms with Crippen LogP contribution in [0.4, 0.5) is 13.2 Å². The van der Waals surface area contributed by atoms with Crippen LogP contribution >= 0.6 is 0 Å². The Morgan fingerprint density at radius 1 is 1.04 bits per heavy atom. The SMILES string of the molecule is O=C(c1ccc(C(F)(F)F)cc1)N1CCC(CN2CCOCC2)CC1. The van der Waals surface area contributed by atoms with E-state index in [2.05, 4.69) is 4.90 Å². The molecule has 2 aliphatic rings. The van der Waals surface area contributed by atoms with Crippen molar-refractivity contribution in [1.82, 2.24) is 9.80 Å². The number of benzene rings is 1. The van der Waals surface area contributed by atoms with Crippen molar-refractivity contribution in [3.63, 3.8) is 0 Å². The smallest absolute Gasteiger partial charge is 0.379 e. The van der Waals surface area contributed by atoms with Gasteiger partial charge in [0.05, 0.1) is 18.8 Å². The van der Waals surface area contributed by atoms with Gasteiger partial charge in [0.25, 0.3) is 5.91 Å². The Morgan fingerprint density at radius 3 is 2.20 bits per heavy atom. The highest BCUT2D eigenvalue weighted by molar-refractivity contribution is 5.94. The zero-order valence-corrected chi connectivity index (χ0v) is 14.1. The van der Waals surface area contributed by atoms with Crippen LogP contribution in [0.25, 0.3) is 0 Å². The summed E-state index contributed by atoms with van der Waals surface area (Å²) in [4.78, 5) is 16.6. The summed E-state index contributed by atoms with van der Waals surface area (Å²) in [7, 11) is 0. The Labute approximate surface area is 145 Å². The standard InChI is InChI=1S/C18H23F3N2O2/c19-18(20,21)16-3-1-15(2-4-16)17(24)23-7-5-14(6-8-23)13-22-9-11-25-12-10-22/h1-4,14H,5-13H2. The maximum atomic E-state index is 12.6. The summed E-state index contributed by atoms with van der Waals surface area (Å²) in [5.41, 5.74) is -0.409. The number of nitrogens with zero attached hydrogens (tertiary/aromatic N) is 2. The first-order valence-electron chi connectivity index (χ1n) is 8.70. The zero-order chi connectivity index (χ0) is 17.9. The van der Waals surface area contributed by atoms with Gasteiger partial charge in [-0.2, -0.15) is 13.2 Å². The van der Waals surface area contributed by atoms with Crippen LogP contribution < -0.4 is 0 Å². The van der Waals surface area contributed by atoms with Crippen LogP contribution in [-0.4, -0.2) is 61.6 Å².